The lowest BCUT2D eigenvalue weighted by atomic mass is 10.1. The topological polar surface area (TPSA) is 66.1 Å². The Morgan fingerprint density at radius 2 is 2.06 bits per heavy atom. The molecule has 10 heteroatoms. The first-order chi connectivity index (χ1) is 14.5. The molecule has 3 aromatic rings. The maximum absolute atomic E-state index is 6.37. The number of imidazole rings is 1. The van der Waals surface area contributed by atoms with Crippen molar-refractivity contribution in [2.24, 2.45) is 0 Å². The Kier molecular flexibility index (Phi) is 8.58. The number of H-pyrrole nitrogens is 1. The minimum Gasteiger partial charge on any atom is -0.492 e. The molecule has 0 saturated carbocycles. The normalized spacial score (nSPS) is 16.4. The molecule has 1 aliphatic rings. The molecule has 1 aliphatic heterocycles. The fourth-order valence-corrected chi connectivity index (χ4v) is 4.44. The van der Waals surface area contributed by atoms with Crippen LogP contribution in [0, 0.1) is 0 Å². The van der Waals surface area contributed by atoms with Crippen molar-refractivity contribution in [2.45, 2.75) is 38.8 Å². The summed E-state index contributed by atoms with van der Waals surface area (Å²) in [6.07, 6.45) is 3.07. The zero-order valence-electron chi connectivity index (χ0n) is 17.2. The first-order valence-electron chi connectivity index (χ1n) is 10.1. The van der Waals surface area contributed by atoms with Gasteiger partial charge >= 0.3 is 0 Å². The molecule has 0 amide bonds. The van der Waals surface area contributed by atoms with E-state index in [-0.39, 0.29) is 13.5 Å². The van der Waals surface area contributed by atoms with Gasteiger partial charge in [0.05, 0.1) is 17.1 Å². The number of rotatable bonds is 7. The lowest BCUT2D eigenvalue weighted by Gasteiger charge is -2.33. The second-order valence-corrected chi connectivity index (χ2v) is 8.69. The fourth-order valence-electron chi connectivity index (χ4n) is 3.71. The summed E-state index contributed by atoms with van der Waals surface area (Å²) < 4.78 is 5.87. The second-order valence-electron chi connectivity index (χ2n) is 7.46. The molecule has 0 radical (unpaired) electrons. The van der Waals surface area contributed by atoms with Gasteiger partial charge in [0.1, 0.15) is 10.9 Å². The van der Waals surface area contributed by atoms with E-state index in [2.05, 4.69) is 32.1 Å². The molecule has 1 saturated heterocycles. The number of fused-ring (bicyclic) bond motifs is 1. The van der Waals surface area contributed by atoms with E-state index in [1.165, 1.54) is 0 Å². The number of anilines is 1. The number of hydrogen-bond donors (Lipinski definition) is 2. The van der Waals surface area contributed by atoms with E-state index in [9.17, 15) is 0 Å². The molecule has 3 heterocycles. The van der Waals surface area contributed by atoms with Crippen molar-refractivity contribution in [3.05, 3.63) is 45.0 Å². The molecule has 168 valence electrons. The maximum atomic E-state index is 6.37. The van der Waals surface area contributed by atoms with Crippen molar-refractivity contribution in [1.29, 1.82) is 0 Å². The molecular formula is C21H26Cl3N5OS. The average Bonchev–Trinajstić information content (AvgIpc) is 3.15. The Morgan fingerprint density at radius 3 is 2.87 bits per heavy atom. The number of nitrogens with one attached hydrogen (secondary N) is 2. The van der Waals surface area contributed by atoms with Crippen LogP contribution in [0.4, 0.5) is 5.95 Å². The lowest BCUT2D eigenvalue weighted by Crippen LogP contribution is -2.46. The third kappa shape index (κ3) is 5.90. The monoisotopic (exact) mass is 501 g/mol. The summed E-state index contributed by atoms with van der Waals surface area (Å²) in [4.78, 5) is 14.5. The molecule has 1 atom stereocenters. The number of nitrogens with zero attached hydrogens (tertiary/aromatic N) is 3. The van der Waals surface area contributed by atoms with E-state index in [0.29, 0.717) is 45.8 Å². The predicted molar refractivity (Wildman–Crippen MR) is 134 cm³/mol. The molecule has 1 fully saturated rings. The maximum Gasteiger partial charge on any atom is 0.205 e. The van der Waals surface area contributed by atoms with Gasteiger partial charge in [-0.3, -0.25) is 0 Å². The number of aromatic nitrogens is 3. The van der Waals surface area contributed by atoms with Crippen molar-refractivity contribution < 1.29 is 4.74 Å². The van der Waals surface area contributed by atoms with Gasteiger partial charge in [-0.1, -0.05) is 41.7 Å². The highest BCUT2D eigenvalue weighted by atomic mass is 35.5. The predicted octanol–water partition coefficient (Wildman–Crippen LogP) is 5.58. The third-order valence-corrected chi connectivity index (χ3v) is 5.85. The molecule has 2 aromatic heterocycles. The van der Waals surface area contributed by atoms with Crippen molar-refractivity contribution in [1.82, 2.24) is 20.3 Å². The molecule has 31 heavy (non-hydrogen) atoms. The van der Waals surface area contributed by atoms with Crippen LogP contribution in [0.3, 0.4) is 0 Å². The molecule has 0 bridgehead atoms. The van der Waals surface area contributed by atoms with E-state index in [1.807, 2.05) is 12.1 Å². The van der Waals surface area contributed by atoms with Gasteiger partial charge in [0.15, 0.2) is 5.65 Å². The van der Waals surface area contributed by atoms with E-state index in [0.717, 1.165) is 49.4 Å². The highest BCUT2D eigenvalue weighted by molar-refractivity contribution is 7.59. The van der Waals surface area contributed by atoms with E-state index >= 15 is 0 Å². The highest BCUT2D eigenvalue weighted by Gasteiger charge is 2.23. The van der Waals surface area contributed by atoms with E-state index < -0.39 is 0 Å². The summed E-state index contributed by atoms with van der Waals surface area (Å²) in [6.45, 7) is 5.11. The number of benzene rings is 1. The lowest BCUT2D eigenvalue weighted by molar-refractivity contribution is 0.312. The largest absolute Gasteiger partial charge is 0.492 e. The molecule has 4 rings (SSSR count). The fraction of sp³-hybridized carbons (Fsp3) is 0.429. The van der Waals surface area contributed by atoms with Gasteiger partial charge in [-0.05, 0) is 43.5 Å². The Bertz CT molecular complexity index is 1030. The minimum atomic E-state index is 0. The first kappa shape index (κ1) is 24.3. The molecule has 0 unspecified atom stereocenters. The quantitative estimate of drug-likeness (QED) is 0.413. The average molecular weight is 503 g/mol. The summed E-state index contributed by atoms with van der Waals surface area (Å²) in [5.41, 5.74) is 2.50. The highest BCUT2D eigenvalue weighted by Crippen LogP contribution is 2.33. The molecular weight excluding hydrogens is 477 g/mol. The van der Waals surface area contributed by atoms with Crippen molar-refractivity contribution >= 4 is 65.4 Å². The van der Waals surface area contributed by atoms with E-state index in [4.69, 9.17) is 39.5 Å². The standard InChI is InChI=1S/C21H24Cl3N5O.H2S/c1-2-8-30-19-13(9-14(22)10-16(19)23)11-25-15-4-3-7-29(12-15)21-26-17-5-6-18(24)27-20(17)28-21;/h5-6,9-10,15,25H,2-4,7-8,11-12H2,1H3,(H,26,27,28);1H2/t15-;/m0./s1. The molecule has 6 nitrogen and oxygen atoms in total. The van der Waals surface area contributed by atoms with Crippen LogP contribution in [0.5, 0.6) is 5.75 Å². The van der Waals surface area contributed by atoms with Gasteiger partial charge in [0.2, 0.25) is 5.95 Å². The summed E-state index contributed by atoms with van der Waals surface area (Å²) >= 11 is 18.6. The third-order valence-electron chi connectivity index (χ3n) is 5.14. The van der Waals surface area contributed by atoms with Crippen LogP contribution in [0.25, 0.3) is 11.2 Å². The Hall–Kier alpha value is -1.38. The van der Waals surface area contributed by atoms with E-state index in [1.54, 1.807) is 12.1 Å². The van der Waals surface area contributed by atoms with Crippen LogP contribution in [0.1, 0.15) is 31.7 Å². The van der Waals surface area contributed by atoms with Gasteiger partial charge in [-0.25, -0.2) is 4.98 Å². The van der Waals surface area contributed by atoms with Crippen LogP contribution < -0.4 is 15.0 Å². The number of hydrogen-bond acceptors (Lipinski definition) is 5. The zero-order chi connectivity index (χ0) is 21.1. The zero-order valence-corrected chi connectivity index (χ0v) is 20.5. The van der Waals surface area contributed by atoms with Crippen LogP contribution in [0.2, 0.25) is 15.2 Å². The summed E-state index contributed by atoms with van der Waals surface area (Å²) in [6, 6.07) is 7.62. The summed E-state index contributed by atoms with van der Waals surface area (Å²) in [5, 5.41) is 5.24. The van der Waals surface area contributed by atoms with Crippen molar-refractivity contribution in [3.63, 3.8) is 0 Å². The Morgan fingerprint density at radius 1 is 1.23 bits per heavy atom. The van der Waals surface area contributed by atoms with Gasteiger partial charge in [0, 0.05) is 36.3 Å². The summed E-state index contributed by atoms with van der Waals surface area (Å²) in [7, 11) is 0. The number of ether oxygens (including phenoxy) is 1. The van der Waals surface area contributed by atoms with Gasteiger partial charge in [-0.2, -0.15) is 18.5 Å². The molecule has 1 aromatic carbocycles. The molecule has 0 spiro atoms. The number of piperidine rings is 1. The second kappa shape index (κ2) is 11.0. The van der Waals surface area contributed by atoms with Crippen LogP contribution in [0.15, 0.2) is 24.3 Å². The van der Waals surface area contributed by atoms with Gasteiger partial charge in [0.25, 0.3) is 0 Å². The van der Waals surface area contributed by atoms with Crippen molar-refractivity contribution in [3.8, 4) is 5.75 Å². The van der Waals surface area contributed by atoms with Gasteiger partial charge < -0.3 is 19.9 Å². The van der Waals surface area contributed by atoms with Crippen molar-refractivity contribution in [2.75, 3.05) is 24.6 Å². The first-order valence-corrected chi connectivity index (χ1v) is 11.3. The van der Waals surface area contributed by atoms with Crippen LogP contribution >= 0.6 is 48.3 Å². The van der Waals surface area contributed by atoms with Crippen LogP contribution in [-0.4, -0.2) is 40.7 Å². The number of pyridine rings is 1. The van der Waals surface area contributed by atoms with Gasteiger partial charge in [-0.15, -0.1) is 0 Å². The SMILES string of the molecule is CCCOc1c(Cl)cc(Cl)cc1CN[C@H]1CCCN(c2nc3nc(Cl)ccc3[nH]2)C1.S. The molecule has 0 aliphatic carbocycles. The van der Waals surface area contributed by atoms with Crippen LogP contribution in [-0.2, 0) is 6.54 Å². The Balaban J connectivity index is 0.00000272. The Labute approximate surface area is 204 Å². The molecule has 2 N–H and O–H groups in total. The summed E-state index contributed by atoms with van der Waals surface area (Å²) in [5.74, 6) is 1.53. The number of halogens is 3. The minimum absolute atomic E-state index is 0. The smallest absolute Gasteiger partial charge is 0.205 e. The number of aromatic amines is 1.